The van der Waals surface area contributed by atoms with Crippen molar-refractivity contribution in [3.05, 3.63) is 59.2 Å². The molecule has 0 spiro atoms. The molecule has 134 valence electrons. The number of anilines is 1. The molecule has 1 amide bonds. The summed E-state index contributed by atoms with van der Waals surface area (Å²) >= 11 is 5.33. The molecule has 2 bridgehead atoms. The summed E-state index contributed by atoms with van der Waals surface area (Å²) in [5.74, 6) is 0.171. The highest BCUT2D eigenvalue weighted by molar-refractivity contribution is 7.80. The summed E-state index contributed by atoms with van der Waals surface area (Å²) in [5.41, 5.74) is 3.03. The summed E-state index contributed by atoms with van der Waals surface area (Å²) in [4.78, 5) is 13.2. The Morgan fingerprint density at radius 3 is 2.77 bits per heavy atom. The third kappa shape index (κ3) is 2.70. The SMILES string of the molecule is Cc1ccc(NC(=O)[C@H]2[C@H]3NC(=S)N[C@@]2(C)Oc2ccccc23)c(C)c1. The van der Waals surface area contributed by atoms with Gasteiger partial charge in [0, 0.05) is 11.3 Å². The average Bonchev–Trinajstić information content (AvgIpc) is 2.56. The first-order valence-electron chi connectivity index (χ1n) is 8.62. The topological polar surface area (TPSA) is 62.4 Å². The van der Waals surface area contributed by atoms with Gasteiger partial charge in [-0.05, 0) is 50.7 Å². The van der Waals surface area contributed by atoms with Crippen LogP contribution in [0.25, 0.3) is 0 Å². The van der Waals surface area contributed by atoms with Gasteiger partial charge in [0.2, 0.25) is 5.91 Å². The molecule has 2 aliphatic heterocycles. The van der Waals surface area contributed by atoms with Crippen LogP contribution in [-0.4, -0.2) is 16.7 Å². The minimum absolute atomic E-state index is 0.110. The van der Waals surface area contributed by atoms with Gasteiger partial charge in [-0.1, -0.05) is 35.9 Å². The van der Waals surface area contributed by atoms with Gasteiger partial charge in [-0.3, -0.25) is 4.79 Å². The Labute approximate surface area is 158 Å². The molecule has 5 nitrogen and oxygen atoms in total. The van der Waals surface area contributed by atoms with Crippen LogP contribution in [0.1, 0.15) is 29.7 Å². The molecule has 26 heavy (non-hydrogen) atoms. The normalized spacial score (nSPS) is 26.0. The molecular formula is C20H21N3O2S. The number of carbonyl (C=O) groups excluding carboxylic acids is 1. The lowest BCUT2D eigenvalue weighted by atomic mass is 9.80. The number of ether oxygens (including phenoxy) is 1. The number of fused-ring (bicyclic) bond motifs is 4. The van der Waals surface area contributed by atoms with E-state index in [0.717, 1.165) is 28.1 Å². The molecule has 0 unspecified atom stereocenters. The van der Waals surface area contributed by atoms with Crippen molar-refractivity contribution < 1.29 is 9.53 Å². The molecule has 3 N–H and O–H groups in total. The van der Waals surface area contributed by atoms with E-state index in [4.69, 9.17) is 17.0 Å². The molecule has 2 aromatic rings. The number of hydrogen-bond donors (Lipinski definition) is 3. The number of amides is 1. The van der Waals surface area contributed by atoms with Crippen molar-refractivity contribution >= 4 is 28.9 Å². The molecule has 3 atom stereocenters. The maximum Gasteiger partial charge on any atom is 0.236 e. The molecular weight excluding hydrogens is 346 g/mol. The summed E-state index contributed by atoms with van der Waals surface area (Å²) in [6, 6.07) is 13.5. The molecule has 6 heteroatoms. The first-order valence-corrected chi connectivity index (χ1v) is 9.03. The minimum atomic E-state index is -0.913. The highest BCUT2D eigenvalue weighted by atomic mass is 32.1. The van der Waals surface area contributed by atoms with Gasteiger partial charge in [0.25, 0.3) is 0 Å². The van der Waals surface area contributed by atoms with Gasteiger partial charge in [0.15, 0.2) is 10.8 Å². The monoisotopic (exact) mass is 367 g/mol. The third-order valence-electron chi connectivity index (χ3n) is 5.07. The number of carbonyl (C=O) groups is 1. The van der Waals surface area contributed by atoms with Crippen LogP contribution in [0.3, 0.4) is 0 Å². The van der Waals surface area contributed by atoms with E-state index in [0.29, 0.717) is 5.11 Å². The summed E-state index contributed by atoms with van der Waals surface area (Å²) in [6.45, 7) is 5.89. The number of thiocarbonyl (C=S) groups is 1. The highest BCUT2D eigenvalue weighted by Crippen LogP contribution is 2.45. The Balaban J connectivity index is 1.71. The van der Waals surface area contributed by atoms with Gasteiger partial charge in [0.1, 0.15) is 11.7 Å². The van der Waals surface area contributed by atoms with Gasteiger partial charge in [-0.2, -0.15) is 0 Å². The van der Waals surface area contributed by atoms with Crippen LogP contribution in [0.15, 0.2) is 42.5 Å². The number of rotatable bonds is 2. The quantitative estimate of drug-likeness (QED) is 0.712. The minimum Gasteiger partial charge on any atom is -0.467 e. The first kappa shape index (κ1) is 16.8. The van der Waals surface area contributed by atoms with Gasteiger partial charge in [-0.25, -0.2) is 0 Å². The standard InChI is InChI=1S/C20H21N3O2S/c1-11-8-9-14(12(2)10-11)21-18(24)16-17-13-6-4-5-7-15(13)25-20(16,3)23-19(26)22-17/h4-10,16-17H,1-3H3,(H,21,24)(H2,22,23,26)/t16-,17+,20+/m1/s1. The van der Waals surface area contributed by atoms with Crippen LogP contribution in [0, 0.1) is 19.8 Å². The van der Waals surface area contributed by atoms with Crippen molar-refractivity contribution in [1.82, 2.24) is 10.6 Å². The lowest BCUT2D eigenvalue weighted by Gasteiger charge is -2.50. The zero-order valence-electron chi connectivity index (χ0n) is 14.9. The number of hydrogen-bond acceptors (Lipinski definition) is 3. The smallest absolute Gasteiger partial charge is 0.236 e. The molecule has 0 aromatic heterocycles. The second-order valence-electron chi connectivity index (χ2n) is 7.11. The average molecular weight is 367 g/mol. The fraction of sp³-hybridized carbons (Fsp3) is 0.300. The summed E-state index contributed by atoms with van der Waals surface area (Å²) in [5, 5.41) is 9.94. The molecule has 0 aliphatic carbocycles. The summed E-state index contributed by atoms with van der Waals surface area (Å²) < 4.78 is 6.18. The Morgan fingerprint density at radius 1 is 1.23 bits per heavy atom. The Bertz CT molecular complexity index is 914. The molecule has 2 aromatic carbocycles. The van der Waals surface area contributed by atoms with E-state index in [1.807, 2.05) is 57.2 Å². The predicted molar refractivity (Wildman–Crippen MR) is 105 cm³/mol. The van der Waals surface area contributed by atoms with Gasteiger partial charge < -0.3 is 20.7 Å². The maximum absolute atomic E-state index is 13.2. The van der Waals surface area contributed by atoms with Crippen LogP contribution in [-0.2, 0) is 4.79 Å². The summed E-state index contributed by atoms with van der Waals surface area (Å²) in [6.07, 6.45) is 0. The number of nitrogens with one attached hydrogen (secondary N) is 3. The van der Waals surface area contributed by atoms with E-state index in [1.54, 1.807) is 0 Å². The van der Waals surface area contributed by atoms with Crippen LogP contribution in [0.4, 0.5) is 5.69 Å². The Kier molecular flexibility index (Phi) is 3.88. The third-order valence-corrected chi connectivity index (χ3v) is 5.29. The maximum atomic E-state index is 13.2. The molecule has 0 radical (unpaired) electrons. The number of aryl methyl sites for hydroxylation is 2. The molecule has 4 rings (SSSR count). The zero-order valence-corrected chi connectivity index (χ0v) is 15.7. The first-order chi connectivity index (χ1) is 12.4. The van der Waals surface area contributed by atoms with Crippen LogP contribution in [0.5, 0.6) is 5.75 Å². The van der Waals surface area contributed by atoms with Gasteiger partial charge in [0.05, 0.1) is 6.04 Å². The van der Waals surface area contributed by atoms with Crippen molar-refractivity contribution in [2.24, 2.45) is 5.92 Å². The largest absolute Gasteiger partial charge is 0.467 e. The van der Waals surface area contributed by atoms with Crippen LogP contribution in [0.2, 0.25) is 0 Å². The molecule has 2 heterocycles. The fourth-order valence-electron chi connectivity index (χ4n) is 3.85. The fourth-order valence-corrected chi connectivity index (χ4v) is 4.18. The second kappa shape index (κ2) is 5.99. The van der Waals surface area contributed by atoms with Crippen molar-refractivity contribution in [1.29, 1.82) is 0 Å². The second-order valence-corrected chi connectivity index (χ2v) is 7.52. The van der Waals surface area contributed by atoms with E-state index in [2.05, 4.69) is 22.0 Å². The van der Waals surface area contributed by atoms with E-state index in [9.17, 15) is 4.79 Å². The Hall–Kier alpha value is -2.60. The highest BCUT2D eigenvalue weighted by Gasteiger charge is 2.54. The van der Waals surface area contributed by atoms with Crippen molar-refractivity contribution in [3.63, 3.8) is 0 Å². The van der Waals surface area contributed by atoms with Crippen molar-refractivity contribution in [2.45, 2.75) is 32.5 Å². The summed E-state index contributed by atoms with van der Waals surface area (Å²) in [7, 11) is 0. The Morgan fingerprint density at radius 2 is 2.00 bits per heavy atom. The van der Waals surface area contributed by atoms with Crippen molar-refractivity contribution in [3.8, 4) is 5.75 Å². The van der Waals surface area contributed by atoms with E-state index >= 15 is 0 Å². The lowest BCUT2D eigenvalue weighted by Crippen LogP contribution is -2.70. The number of benzene rings is 2. The van der Waals surface area contributed by atoms with Crippen LogP contribution < -0.4 is 20.7 Å². The van der Waals surface area contributed by atoms with E-state index < -0.39 is 11.6 Å². The lowest BCUT2D eigenvalue weighted by molar-refractivity contribution is -0.132. The molecule has 2 aliphatic rings. The zero-order chi connectivity index (χ0) is 18.5. The van der Waals surface area contributed by atoms with Crippen LogP contribution >= 0.6 is 12.2 Å². The predicted octanol–water partition coefficient (Wildman–Crippen LogP) is 3.19. The van der Waals surface area contributed by atoms with Crippen molar-refractivity contribution in [2.75, 3.05) is 5.32 Å². The number of para-hydroxylation sites is 1. The molecule has 0 saturated carbocycles. The van der Waals surface area contributed by atoms with Gasteiger partial charge in [-0.15, -0.1) is 0 Å². The van der Waals surface area contributed by atoms with Gasteiger partial charge >= 0.3 is 0 Å². The molecule has 1 saturated heterocycles. The van der Waals surface area contributed by atoms with E-state index in [1.165, 1.54) is 0 Å². The molecule has 1 fully saturated rings. The van der Waals surface area contributed by atoms with E-state index in [-0.39, 0.29) is 11.9 Å².